The summed E-state index contributed by atoms with van der Waals surface area (Å²) >= 11 is 1.96. The van der Waals surface area contributed by atoms with Gasteiger partial charge in [-0.2, -0.15) is 11.8 Å². The highest BCUT2D eigenvalue weighted by Gasteiger charge is 2.25. The van der Waals surface area contributed by atoms with Gasteiger partial charge < -0.3 is 9.47 Å². The van der Waals surface area contributed by atoms with Crippen molar-refractivity contribution in [3.63, 3.8) is 0 Å². The van der Waals surface area contributed by atoms with Crippen LogP contribution in [0.3, 0.4) is 0 Å². The predicted molar refractivity (Wildman–Crippen MR) is 106 cm³/mol. The lowest BCUT2D eigenvalue weighted by Crippen LogP contribution is -2.34. The summed E-state index contributed by atoms with van der Waals surface area (Å²) in [5, 5.41) is 9.14. The molecular weight excluding hydrogens is 330 g/mol. The van der Waals surface area contributed by atoms with Gasteiger partial charge in [-0.05, 0) is 76.8 Å². The first kappa shape index (κ1) is 19.2. The summed E-state index contributed by atoms with van der Waals surface area (Å²) in [5.41, 5.74) is 0. The number of rotatable bonds is 7. The molecule has 2 aliphatic rings. The fourth-order valence-corrected chi connectivity index (χ4v) is 4.63. The van der Waals surface area contributed by atoms with E-state index in [4.69, 9.17) is 0 Å². The normalized spacial score (nSPS) is 21.5. The van der Waals surface area contributed by atoms with Crippen molar-refractivity contribution < 1.29 is 0 Å². The molecule has 2 aliphatic heterocycles. The summed E-state index contributed by atoms with van der Waals surface area (Å²) in [5.74, 6) is 4.24. The highest BCUT2D eigenvalue weighted by atomic mass is 32.2. The zero-order valence-electron chi connectivity index (χ0n) is 16.1. The lowest BCUT2D eigenvalue weighted by atomic mass is 9.96. The van der Waals surface area contributed by atoms with Crippen molar-refractivity contribution in [2.75, 3.05) is 44.7 Å². The van der Waals surface area contributed by atoms with Crippen LogP contribution in [0.2, 0.25) is 0 Å². The molecule has 0 aliphatic carbocycles. The number of piperidine rings is 1. The molecule has 0 unspecified atom stereocenters. The Hall–Kier alpha value is -0.590. The molecule has 0 aromatic carbocycles. The van der Waals surface area contributed by atoms with Gasteiger partial charge in [0.1, 0.15) is 11.6 Å². The van der Waals surface area contributed by atoms with E-state index in [-0.39, 0.29) is 0 Å². The lowest BCUT2D eigenvalue weighted by molar-refractivity contribution is 0.208. The SMILES string of the molecule is CSCCCN1CCC(c2nnc(CN3CCCCCC3)n2C)CC1. The monoisotopic (exact) mass is 365 g/mol. The molecule has 0 spiro atoms. The van der Waals surface area contributed by atoms with Crippen LogP contribution in [-0.2, 0) is 13.6 Å². The van der Waals surface area contributed by atoms with Gasteiger partial charge in [0.25, 0.3) is 0 Å². The van der Waals surface area contributed by atoms with Crippen LogP contribution in [0, 0.1) is 0 Å². The topological polar surface area (TPSA) is 37.2 Å². The Balaban J connectivity index is 1.51. The van der Waals surface area contributed by atoms with E-state index < -0.39 is 0 Å². The standard InChI is InChI=1S/C19H35N5S/c1-22-18(16-24-10-5-3-4-6-11-24)20-21-19(22)17-8-13-23(14-9-17)12-7-15-25-2/h17H,3-16H2,1-2H3. The minimum absolute atomic E-state index is 0.590. The number of hydrogen-bond donors (Lipinski definition) is 0. The molecule has 0 N–H and O–H groups in total. The minimum atomic E-state index is 0.590. The van der Waals surface area contributed by atoms with E-state index in [1.165, 1.54) is 89.2 Å². The van der Waals surface area contributed by atoms with Crippen LogP contribution < -0.4 is 0 Å². The molecule has 3 rings (SSSR count). The van der Waals surface area contributed by atoms with E-state index in [1.807, 2.05) is 11.8 Å². The molecule has 1 aromatic rings. The summed E-state index contributed by atoms with van der Waals surface area (Å²) in [4.78, 5) is 5.19. The van der Waals surface area contributed by atoms with Gasteiger partial charge in [-0.1, -0.05) is 12.8 Å². The summed E-state index contributed by atoms with van der Waals surface area (Å²) in [6.07, 6.45) is 11.4. The van der Waals surface area contributed by atoms with E-state index in [2.05, 4.69) is 37.9 Å². The molecule has 0 amide bonds. The molecule has 2 saturated heterocycles. The van der Waals surface area contributed by atoms with Crippen molar-refractivity contribution in [1.82, 2.24) is 24.6 Å². The molecule has 3 heterocycles. The van der Waals surface area contributed by atoms with Gasteiger partial charge in [-0.15, -0.1) is 10.2 Å². The van der Waals surface area contributed by atoms with Gasteiger partial charge in [0, 0.05) is 13.0 Å². The summed E-state index contributed by atoms with van der Waals surface area (Å²) in [6.45, 7) is 7.09. The predicted octanol–water partition coefficient (Wildman–Crippen LogP) is 3.12. The minimum Gasteiger partial charge on any atom is -0.317 e. The van der Waals surface area contributed by atoms with Crippen LogP contribution in [-0.4, -0.2) is 69.3 Å². The molecule has 2 fully saturated rings. The zero-order chi connectivity index (χ0) is 17.5. The quantitative estimate of drug-likeness (QED) is 0.694. The third-order valence-electron chi connectivity index (χ3n) is 5.84. The molecule has 0 atom stereocenters. The van der Waals surface area contributed by atoms with E-state index in [9.17, 15) is 0 Å². The maximum atomic E-state index is 4.59. The van der Waals surface area contributed by atoms with Gasteiger partial charge in [0.15, 0.2) is 0 Å². The van der Waals surface area contributed by atoms with Gasteiger partial charge in [-0.25, -0.2) is 0 Å². The van der Waals surface area contributed by atoms with Crippen LogP contribution in [0.5, 0.6) is 0 Å². The van der Waals surface area contributed by atoms with E-state index in [1.54, 1.807) is 0 Å². The summed E-state index contributed by atoms with van der Waals surface area (Å²) in [6, 6.07) is 0. The van der Waals surface area contributed by atoms with Crippen molar-refractivity contribution >= 4 is 11.8 Å². The maximum absolute atomic E-state index is 4.59. The zero-order valence-corrected chi connectivity index (χ0v) is 16.9. The number of nitrogens with zero attached hydrogens (tertiary/aromatic N) is 5. The average Bonchev–Trinajstić information content (AvgIpc) is 2.83. The molecule has 6 heteroatoms. The number of hydrogen-bond acceptors (Lipinski definition) is 5. The number of thioether (sulfide) groups is 1. The molecule has 1 aromatic heterocycles. The number of likely N-dealkylation sites (tertiary alicyclic amines) is 2. The Bertz CT molecular complexity index is 502. The fourth-order valence-electron chi connectivity index (χ4n) is 4.21. The second-order valence-electron chi connectivity index (χ2n) is 7.69. The largest absolute Gasteiger partial charge is 0.317 e. The highest BCUT2D eigenvalue weighted by Crippen LogP contribution is 2.27. The Morgan fingerprint density at radius 3 is 2.36 bits per heavy atom. The Labute approximate surface area is 157 Å². The summed E-state index contributed by atoms with van der Waals surface area (Å²) in [7, 11) is 2.17. The smallest absolute Gasteiger partial charge is 0.146 e. The lowest BCUT2D eigenvalue weighted by Gasteiger charge is -2.31. The van der Waals surface area contributed by atoms with Gasteiger partial charge >= 0.3 is 0 Å². The Morgan fingerprint density at radius 1 is 0.960 bits per heavy atom. The van der Waals surface area contributed by atoms with Crippen LogP contribution in [0.25, 0.3) is 0 Å². The molecule has 5 nitrogen and oxygen atoms in total. The maximum Gasteiger partial charge on any atom is 0.146 e. The van der Waals surface area contributed by atoms with Crippen LogP contribution >= 0.6 is 11.8 Å². The van der Waals surface area contributed by atoms with Crippen LogP contribution in [0.15, 0.2) is 0 Å². The van der Waals surface area contributed by atoms with Gasteiger partial charge in [0.2, 0.25) is 0 Å². The third-order valence-corrected chi connectivity index (χ3v) is 6.53. The molecule has 142 valence electrons. The number of aromatic nitrogens is 3. The third kappa shape index (κ3) is 5.44. The first-order valence-corrected chi connectivity index (χ1v) is 11.5. The fraction of sp³-hybridized carbons (Fsp3) is 0.895. The van der Waals surface area contributed by atoms with Gasteiger partial charge in [-0.3, -0.25) is 4.90 Å². The van der Waals surface area contributed by atoms with E-state index >= 15 is 0 Å². The molecule has 0 radical (unpaired) electrons. The second kappa shape index (κ2) is 9.93. The second-order valence-corrected chi connectivity index (χ2v) is 8.67. The van der Waals surface area contributed by atoms with Crippen LogP contribution in [0.1, 0.15) is 62.5 Å². The van der Waals surface area contributed by atoms with Crippen molar-refractivity contribution in [2.24, 2.45) is 7.05 Å². The van der Waals surface area contributed by atoms with Crippen molar-refractivity contribution in [3.05, 3.63) is 11.6 Å². The molecule has 0 saturated carbocycles. The highest BCUT2D eigenvalue weighted by molar-refractivity contribution is 7.98. The summed E-state index contributed by atoms with van der Waals surface area (Å²) < 4.78 is 2.29. The van der Waals surface area contributed by atoms with Crippen LogP contribution in [0.4, 0.5) is 0 Å². The Morgan fingerprint density at radius 2 is 1.68 bits per heavy atom. The molecular formula is C19H35N5S. The first-order chi connectivity index (χ1) is 12.3. The average molecular weight is 366 g/mol. The van der Waals surface area contributed by atoms with E-state index in [0.717, 1.165) is 12.4 Å². The first-order valence-electron chi connectivity index (χ1n) is 10.1. The van der Waals surface area contributed by atoms with Crippen molar-refractivity contribution in [1.29, 1.82) is 0 Å². The van der Waals surface area contributed by atoms with Gasteiger partial charge in [0.05, 0.1) is 6.54 Å². The Kier molecular flexibility index (Phi) is 7.62. The van der Waals surface area contributed by atoms with Crippen molar-refractivity contribution in [3.8, 4) is 0 Å². The van der Waals surface area contributed by atoms with E-state index in [0.29, 0.717) is 5.92 Å². The molecule has 0 bridgehead atoms. The van der Waals surface area contributed by atoms with Crippen molar-refractivity contribution in [2.45, 2.75) is 57.4 Å². The molecule has 25 heavy (non-hydrogen) atoms.